The molecule has 0 aliphatic rings. The summed E-state index contributed by atoms with van der Waals surface area (Å²) in [6, 6.07) is 0. The highest BCUT2D eigenvalue weighted by atomic mass is 31.2. The molecule has 0 saturated heterocycles. The first kappa shape index (κ1) is 84.2. The molecule has 0 fully saturated rings. The molecule has 0 aromatic rings. The summed E-state index contributed by atoms with van der Waals surface area (Å²) < 4.78 is 62.4. The van der Waals surface area contributed by atoms with Crippen molar-refractivity contribution in [1.82, 2.24) is 0 Å². The molecule has 15 heteroatoms. The van der Waals surface area contributed by atoms with Crippen LogP contribution in [0.4, 0.5) is 0 Å². The minimum Gasteiger partial charge on any atom is -0.462 e. The predicted octanol–water partition coefficient (Wildman–Crippen LogP) is 11.8. The van der Waals surface area contributed by atoms with Crippen LogP contribution in [0.15, 0.2) is 0 Å². The lowest BCUT2D eigenvalue weighted by molar-refractivity contribution is -0.164. The van der Waals surface area contributed by atoms with Crippen LogP contribution in [0, 0.1) is 11.3 Å². The van der Waals surface area contributed by atoms with Crippen molar-refractivity contribution in [3.05, 3.63) is 0 Å². The summed E-state index contributed by atoms with van der Waals surface area (Å²) in [5, 5.41) is 17.6. The van der Waals surface area contributed by atoms with E-state index in [0.717, 1.165) is 64.8 Å². The largest absolute Gasteiger partial charge is 0.462 e. The molecule has 0 aromatic carbocycles. The van der Waals surface area contributed by atoms with Gasteiger partial charge < -0.3 is 57.4 Å². The number of carbonyl (C=O) groups excluding carboxylic acids is 1. The third-order valence-electron chi connectivity index (χ3n) is 5.96. The van der Waals surface area contributed by atoms with Crippen molar-refractivity contribution in [2.24, 2.45) is 11.3 Å². The smallest absolute Gasteiger partial charge is 0.316 e. The fourth-order valence-electron chi connectivity index (χ4n) is 3.28. The fraction of sp³-hybridized carbons (Fsp3) is 0.980. The zero-order chi connectivity index (χ0) is 50.7. The summed E-state index contributed by atoms with van der Waals surface area (Å²) in [4.78, 5) is 11.2. The molecular formula is C50H117O14P. The van der Waals surface area contributed by atoms with Crippen molar-refractivity contribution in [3.8, 4) is 0 Å². The SMILES string of the molecule is C.C.CC(C)C.CC(C)OC(=O)C(C)(CO)CO.CC(C)OP(C)(C)=O.CCCOC(C)C.CCCOCCOC(C)C.CCCOCCOCCOC(C)C.CCOCCOC(C)C. The highest BCUT2D eigenvalue weighted by molar-refractivity contribution is 7.57. The number of ether oxygens (including phenoxy) is 9. The molecule has 0 bridgehead atoms. The van der Waals surface area contributed by atoms with Gasteiger partial charge in [-0.15, -0.1) is 0 Å². The number of hydrogen-bond acceptors (Lipinski definition) is 14. The van der Waals surface area contributed by atoms with Gasteiger partial charge in [-0.3, -0.25) is 9.36 Å². The molecule has 406 valence electrons. The highest BCUT2D eigenvalue weighted by Crippen LogP contribution is 2.38. The average molecular weight is 973 g/mol. The summed E-state index contributed by atoms with van der Waals surface area (Å²) in [7, 11) is -2.22. The number of aliphatic hydroxyl groups excluding tert-OH is 2. The average Bonchev–Trinajstić information content (AvgIpc) is 3.16. The van der Waals surface area contributed by atoms with E-state index in [4.69, 9.17) is 57.4 Å². The van der Waals surface area contributed by atoms with E-state index >= 15 is 0 Å². The van der Waals surface area contributed by atoms with Gasteiger partial charge in [0.1, 0.15) is 5.41 Å². The van der Waals surface area contributed by atoms with Gasteiger partial charge in [-0.1, -0.05) is 56.4 Å². The molecular weight excluding hydrogens is 856 g/mol. The van der Waals surface area contributed by atoms with E-state index in [9.17, 15) is 9.36 Å². The molecule has 0 radical (unpaired) electrons. The van der Waals surface area contributed by atoms with Crippen LogP contribution >= 0.6 is 7.37 Å². The molecule has 0 saturated carbocycles. The zero-order valence-electron chi connectivity index (χ0n) is 45.3. The van der Waals surface area contributed by atoms with Gasteiger partial charge in [-0.2, -0.15) is 0 Å². The summed E-state index contributed by atoms with van der Waals surface area (Å²) in [5.41, 5.74) is -1.18. The summed E-state index contributed by atoms with van der Waals surface area (Å²) in [6.45, 7) is 51.0. The Hall–Kier alpha value is -0.740. The van der Waals surface area contributed by atoms with E-state index in [0.29, 0.717) is 64.1 Å². The molecule has 14 nitrogen and oxygen atoms in total. The van der Waals surface area contributed by atoms with E-state index in [-0.39, 0.29) is 27.1 Å². The van der Waals surface area contributed by atoms with Gasteiger partial charge in [0.25, 0.3) is 0 Å². The molecule has 0 heterocycles. The number of rotatable bonds is 29. The summed E-state index contributed by atoms with van der Waals surface area (Å²) >= 11 is 0. The van der Waals surface area contributed by atoms with Gasteiger partial charge in [-0.05, 0) is 122 Å². The number of esters is 1. The van der Waals surface area contributed by atoms with Gasteiger partial charge in [0, 0.05) is 39.8 Å². The van der Waals surface area contributed by atoms with Crippen LogP contribution in [0.5, 0.6) is 0 Å². The molecule has 0 atom stereocenters. The van der Waals surface area contributed by atoms with Crippen molar-refractivity contribution >= 4 is 13.3 Å². The number of hydrogen-bond donors (Lipinski definition) is 2. The normalized spacial score (nSPS) is 10.8. The maximum absolute atomic E-state index is 11.2. The Kier molecular flexibility index (Phi) is 82.0. The van der Waals surface area contributed by atoms with Crippen molar-refractivity contribution < 1.29 is 66.7 Å². The second-order valence-corrected chi connectivity index (χ2v) is 19.9. The first-order chi connectivity index (χ1) is 29.2. The lowest BCUT2D eigenvalue weighted by Gasteiger charge is -2.23. The van der Waals surface area contributed by atoms with Gasteiger partial charge in [0.2, 0.25) is 0 Å². The Bertz CT molecular complexity index is 875. The predicted molar refractivity (Wildman–Crippen MR) is 277 cm³/mol. The monoisotopic (exact) mass is 973 g/mol. The Morgan fingerprint density at radius 1 is 0.462 bits per heavy atom. The number of carbonyl (C=O) groups is 1. The second-order valence-electron chi connectivity index (χ2n) is 17.2. The van der Waals surface area contributed by atoms with Gasteiger partial charge in [0.15, 0.2) is 7.37 Å². The van der Waals surface area contributed by atoms with Gasteiger partial charge in [0.05, 0.1) is 103 Å². The minimum absolute atomic E-state index is 0. The van der Waals surface area contributed by atoms with Crippen molar-refractivity contribution in [2.75, 3.05) is 106 Å². The molecule has 0 aliphatic heterocycles. The third-order valence-corrected chi connectivity index (χ3v) is 6.89. The van der Waals surface area contributed by atoms with E-state index < -0.39 is 32.0 Å². The van der Waals surface area contributed by atoms with Crippen molar-refractivity contribution in [1.29, 1.82) is 0 Å². The Labute approximate surface area is 405 Å². The Balaban J connectivity index is -0.0000000816. The third kappa shape index (κ3) is 106. The molecule has 2 N–H and O–H groups in total. The van der Waals surface area contributed by atoms with E-state index in [1.54, 1.807) is 27.2 Å². The highest BCUT2D eigenvalue weighted by Gasteiger charge is 2.34. The quantitative estimate of drug-likeness (QED) is 0.0413. The molecule has 65 heavy (non-hydrogen) atoms. The van der Waals surface area contributed by atoms with Crippen molar-refractivity contribution in [3.63, 3.8) is 0 Å². The van der Waals surface area contributed by atoms with Gasteiger partial charge in [-0.25, -0.2) is 0 Å². The van der Waals surface area contributed by atoms with E-state index in [1.807, 2.05) is 62.3 Å². The first-order valence-electron chi connectivity index (χ1n) is 23.6. The summed E-state index contributed by atoms with van der Waals surface area (Å²) in [6.07, 6.45) is 4.47. The Morgan fingerprint density at radius 2 is 0.738 bits per heavy atom. The zero-order valence-corrected chi connectivity index (χ0v) is 46.2. The lowest BCUT2D eigenvalue weighted by atomic mass is 9.93. The first-order valence-corrected chi connectivity index (χ1v) is 26.1. The molecule has 0 aliphatic carbocycles. The molecule has 0 amide bonds. The molecule has 0 spiro atoms. The van der Waals surface area contributed by atoms with Gasteiger partial charge >= 0.3 is 5.97 Å². The lowest BCUT2D eigenvalue weighted by Crippen LogP contribution is -2.38. The standard InChI is InChI=1S/C10H22O3.C8H16O4.C8H18O2.C7H16O2.C6H14O.C5H13O2P.C4H10.2CH4/c1-4-5-11-6-7-12-8-9-13-10(2)3;1-6(2)12-7(11)8(3,4-9)5-10;1-4-5-9-6-7-10-8(2)3;1-4-8-5-6-9-7(2)3;1-4-5-7-6(2)3;1-5(2)7-8(3,4)6;1-4(2)3;;/h10H,4-9H2,1-3H3;6,9-10H,4-5H2,1-3H3;8H,4-7H2,1-3H3;7H,4-6H2,1-3H3;6H,4-5H2,1-3H3;5H,1-4H3;4H,1-3H3;2*1H4. The van der Waals surface area contributed by atoms with Crippen LogP contribution in [0.3, 0.4) is 0 Å². The van der Waals surface area contributed by atoms with E-state index in [2.05, 4.69) is 55.4 Å². The van der Waals surface area contributed by atoms with Crippen LogP contribution < -0.4 is 0 Å². The van der Waals surface area contributed by atoms with E-state index in [1.165, 1.54) is 6.92 Å². The van der Waals surface area contributed by atoms with Crippen LogP contribution in [-0.4, -0.2) is 159 Å². The maximum Gasteiger partial charge on any atom is 0.316 e. The minimum atomic E-state index is -2.22. The molecule has 0 unspecified atom stereocenters. The maximum atomic E-state index is 11.2. The van der Waals surface area contributed by atoms with Crippen LogP contribution in [0.2, 0.25) is 0 Å². The Morgan fingerprint density at radius 3 is 0.938 bits per heavy atom. The van der Waals surface area contributed by atoms with Crippen LogP contribution in [0.1, 0.15) is 173 Å². The van der Waals surface area contributed by atoms with Crippen LogP contribution in [-0.2, 0) is 56.5 Å². The fourth-order valence-corrected chi connectivity index (χ4v) is 4.30. The number of aliphatic hydroxyl groups is 2. The molecule has 0 aromatic heterocycles. The second kappa shape index (κ2) is 63.3. The van der Waals surface area contributed by atoms with Crippen molar-refractivity contribution in [2.45, 2.75) is 209 Å². The summed E-state index contributed by atoms with van der Waals surface area (Å²) in [5.74, 6) is 0.266. The van der Waals surface area contributed by atoms with Crippen LogP contribution in [0.25, 0.3) is 0 Å². The topological polar surface area (TPSA) is 167 Å². The molecule has 0 rings (SSSR count).